The van der Waals surface area contributed by atoms with Crippen molar-refractivity contribution in [2.24, 2.45) is 0 Å². The Bertz CT molecular complexity index is 1280. The van der Waals surface area contributed by atoms with E-state index < -0.39 is 0 Å². The average molecular weight is 469 g/mol. The summed E-state index contributed by atoms with van der Waals surface area (Å²) in [6.45, 7) is 2.55. The molecule has 1 aliphatic carbocycles. The summed E-state index contributed by atoms with van der Waals surface area (Å²) in [4.78, 5) is 20.4. The van der Waals surface area contributed by atoms with Gasteiger partial charge in [0, 0.05) is 52.6 Å². The number of rotatable bonds is 6. The summed E-state index contributed by atoms with van der Waals surface area (Å²) in [5, 5.41) is 5.70. The van der Waals surface area contributed by atoms with E-state index in [9.17, 15) is 9.18 Å². The third kappa shape index (κ3) is 4.36. The van der Waals surface area contributed by atoms with E-state index in [1.807, 2.05) is 30.2 Å². The lowest BCUT2D eigenvalue weighted by atomic mass is 10.2. The zero-order valence-corrected chi connectivity index (χ0v) is 19.1. The molecule has 2 heterocycles. The molecule has 164 valence electrons. The summed E-state index contributed by atoms with van der Waals surface area (Å²) in [5.74, 6) is -0.262. The Morgan fingerprint density at radius 1 is 1.28 bits per heavy atom. The normalized spacial score (nSPS) is 13.5. The number of fused-ring (bicyclic) bond motifs is 1. The molecule has 0 atom stereocenters. The van der Waals surface area contributed by atoms with Crippen molar-refractivity contribution in [1.29, 1.82) is 0 Å². The first-order valence-corrected chi connectivity index (χ1v) is 11.8. The first kappa shape index (κ1) is 21.0. The second-order valence-electron chi connectivity index (χ2n) is 8.08. The number of thiazole rings is 1. The maximum atomic E-state index is 13.2. The number of benzene rings is 2. The fourth-order valence-electron chi connectivity index (χ4n) is 3.71. The molecule has 8 heteroatoms. The summed E-state index contributed by atoms with van der Waals surface area (Å²) in [5.41, 5.74) is 4.47. The van der Waals surface area contributed by atoms with E-state index in [1.165, 1.54) is 12.1 Å². The molecular weight excluding hydrogens is 447 g/mol. The van der Waals surface area contributed by atoms with Crippen molar-refractivity contribution in [3.8, 4) is 11.3 Å². The first-order valence-electron chi connectivity index (χ1n) is 10.5. The molecule has 0 radical (unpaired) electrons. The number of anilines is 1. The molecule has 2 aromatic carbocycles. The van der Waals surface area contributed by atoms with Crippen molar-refractivity contribution in [3.63, 3.8) is 0 Å². The highest BCUT2D eigenvalue weighted by molar-refractivity contribution is 7.15. The lowest BCUT2D eigenvalue weighted by molar-refractivity contribution is 0.209. The predicted octanol–water partition coefficient (Wildman–Crippen LogP) is 6.40. The Labute approximate surface area is 194 Å². The molecule has 5 nitrogen and oxygen atoms in total. The van der Waals surface area contributed by atoms with Gasteiger partial charge in [-0.25, -0.2) is 14.2 Å². The zero-order valence-electron chi connectivity index (χ0n) is 17.5. The number of carbonyl (C=O) groups excluding carboxylic acids is 1. The Morgan fingerprint density at radius 2 is 2.06 bits per heavy atom. The summed E-state index contributed by atoms with van der Waals surface area (Å²) in [7, 11) is 0. The third-order valence-electron chi connectivity index (χ3n) is 5.70. The standard InChI is InChI=1S/C24H22ClFN4OS/c1-15-2-7-18(12-21(15)25)27-23(31)29(19-8-9-19)11-10-20-14-32-24-28-22(13-30(20)24)16-3-5-17(26)6-4-16/h2-7,12-14,19H,8-11H2,1H3,(H,27,31). The van der Waals surface area contributed by atoms with Crippen LogP contribution in [0, 0.1) is 12.7 Å². The van der Waals surface area contributed by atoms with Crippen LogP contribution in [0.5, 0.6) is 0 Å². The molecular formula is C24H22ClFN4OS. The zero-order chi connectivity index (χ0) is 22.2. The van der Waals surface area contributed by atoms with Crippen molar-refractivity contribution < 1.29 is 9.18 Å². The number of aromatic nitrogens is 2. The van der Waals surface area contributed by atoms with Gasteiger partial charge in [-0.15, -0.1) is 11.3 Å². The van der Waals surface area contributed by atoms with Crippen molar-refractivity contribution in [2.45, 2.75) is 32.2 Å². The molecule has 2 aromatic heterocycles. The molecule has 1 N–H and O–H groups in total. The Morgan fingerprint density at radius 3 is 2.78 bits per heavy atom. The van der Waals surface area contributed by atoms with Crippen LogP contribution in [0.2, 0.25) is 5.02 Å². The second kappa shape index (κ2) is 8.56. The van der Waals surface area contributed by atoms with Gasteiger partial charge in [0.2, 0.25) is 0 Å². The van der Waals surface area contributed by atoms with E-state index in [1.54, 1.807) is 29.5 Å². The second-order valence-corrected chi connectivity index (χ2v) is 9.33. The van der Waals surface area contributed by atoms with Crippen LogP contribution in [0.3, 0.4) is 0 Å². The minimum atomic E-state index is -0.262. The summed E-state index contributed by atoms with van der Waals surface area (Å²) in [6, 6.07) is 12.1. The molecule has 0 bridgehead atoms. The maximum Gasteiger partial charge on any atom is 0.322 e. The molecule has 0 unspecified atom stereocenters. The summed E-state index contributed by atoms with van der Waals surface area (Å²) in [6.07, 6.45) is 4.75. The highest BCUT2D eigenvalue weighted by atomic mass is 35.5. The van der Waals surface area contributed by atoms with E-state index in [0.717, 1.165) is 46.7 Å². The first-order chi connectivity index (χ1) is 15.5. The molecule has 1 aliphatic rings. The van der Waals surface area contributed by atoms with E-state index >= 15 is 0 Å². The highest BCUT2D eigenvalue weighted by Gasteiger charge is 2.32. The molecule has 0 saturated heterocycles. The molecule has 1 saturated carbocycles. The number of carbonyl (C=O) groups is 1. The van der Waals surface area contributed by atoms with Crippen molar-refractivity contribution in [3.05, 3.63) is 76.1 Å². The lowest BCUT2D eigenvalue weighted by Gasteiger charge is -2.23. The number of aryl methyl sites for hydroxylation is 1. The predicted molar refractivity (Wildman–Crippen MR) is 127 cm³/mol. The maximum absolute atomic E-state index is 13.2. The minimum Gasteiger partial charge on any atom is -0.321 e. The van der Waals surface area contributed by atoms with Gasteiger partial charge < -0.3 is 10.2 Å². The number of nitrogens with one attached hydrogen (secondary N) is 1. The largest absolute Gasteiger partial charge is 0.322 e. The fraction of sp³-hybridized carbons (Fsp3) is 0.250. The lowest BCUT2D eigenvalue weighted by Crippen LogP contribution is -2.38. The van der Waals surface area contributed by atoms with E-state index in [-0.39, 0.29) is 17.9 Å². The van der Waals surface area contributed by atoms with Gasteiger partial charge in [-0.3, -0.25) is 4.40 Å². The van der Waals surface area contributed by atoms with Gasteiger partial charge in [0.05, 0.1) is 5.69 Å². The SMILES string of the molecule is Cc1ccc(NC(=O)N(CCc2csc3nc(-c4ccc(F)cc4)cn23)C2CC2)cc1Cl. The van der Waals surface area contributed by atoms with Gasteiger partial charge in [0.15, 0.2) is 4.96 Å². The number of hydrogen-bond donors (Lipinski definition) is 1. The Kier molecular flexibility index (Phi) is 5.61. The quantitative estimate of drug-likeness (QED) is 0.356. The van der Waals surface area contributed by atoms with Gasteiger partial charge in [-0.2, -0.15) is 0 Å². The van der Waals surface area contributed by atoms with Gasteiger partial charge in [0.25, 0.3) is 0 Å². The van der Waals surface area contributed by atoms with Crippen LogP contribution in [0.25, 0.3) is 16.2 Å². The highest BCUT2D eigenvalue weighted by Crippen LogP contribution is 2.29. The molecule has 5 rings (SSSR count). The number of hydrogen-bond acceptors (Lipinski definition) is 3. The third-order valence-corrected chi connectivity index (χ3v) is 7.00. The number of imidazole rings is 1. The number of halogens is 2. The van der Waals surface area contributed by atoms with Crippen LogP contribution in [0.4, 0.5) is 14.9 Å². The van der Waals surface area contributed by atoms with Crippen LogP contribution in [0.1, 0.15) is 24.1 Å². The Balaban J connectivity index is 1.30. The van der Waals surface area contributed by atoms with E-state index in [4.69, 9.17) is 11.6 Å². The molecule has 1 fully saturated rings. The van der Waals surface area contributed by atoms with Gasteiger partial charge >= 0.3 is 6.03 Å². The monoisotopic (exact) mass is 468 g/mol. The smallest absolute Gasteiger partial charge is 0.321 e. The molecule has 4 aromatic rings. The van der Waals surface area contributed by atoms with Gasteiger partial charge in [-0.05, 0) is 61.7 Å². The van der Waals surface area contributed by atoms with Crippen LogP contribution in [-0.2, 0) is 6.42 Å². The number of amides is 2. The minimum absolute atomic E-state index is 0.100. The molecule has 0 spiro atoms. The van der Waals surface area contributed by atoms with Crippen molar-refractivity contribution >= 4 is 39.6 Å². The van der Waals surface area contributed by atoms with Crippen molar-refractivity contribution in [1.82, 2.24) is 14.3 Å². The summed E-state index contributed by atoms with van der Waals surface area (Å²) >= 11 is 7.77. The molecule has 2 amide bonds. The van der Waals surface area contributed by atoms with Crippen LogP contribution < -0.4 is 5.32 Å². The Hall–Kier alpha value is -2.90. The van der Waals surface area contributed by atoms with E-state index in [0.29, 0.717) is 17.3 Å². The number of urea groups is 1. The average Bonchev–Trinajstić information content (AvgIpc) is 3.40. The molecule has 0 aliphatic heterocycles. The van der Waals surface area contributed by atoms with Crippen LogP contribution in [-0.4, -0.2) is 32.9 Å². The number of nitrogens with zero attached hydrogens (tertiary/aromatic N) is 3. The van der Waals surface area contributed by atoms with Crippen molar-refractivity contribution in [2.75, 3.05) is 11.9 Å². The van der Waals surface area contributed by atoms with Gasteiger partial charge in [-0.1, -0.05) is 17.7 Å². The van der Waals surface area contributed by atoms with Crippen LogP contribution >= 0.6 is 22.9 Å². The fourth-order valence-corrected chi connectivity index (χ4v) is 4.79. The summed E-state index contributed by atoms with van der Waals surface area (Å²) < 4.78 is 15.3. The molecule has 32 heavy (non-hydrogen) atoms. The van der Waals surface area contributed by atoms with Crippen LogP contribution in [0.15, 0.2) is 54.0 Å². The topological polar surface area (TPSA) is 49.6 Å². The van der Waals surface area contributed by atoms with Gasteiger partial charge in [0.1, 0.15) is 5.82 Å². The van der Waals surface area contributed by atoms with E-state index in [2.05, 4.69) is 20.1 Å².